The Kier molecular flexibility index (Phi) is 3.69. The molecule has 3 rings (SSSR count). The summed E-state index contributed by atoms with van der Waals surface area (Å²) < 4.78 is 1.27. The average molecular weight is 313 g/mol. The lowest BCUT2D eigenvalue weighted by atomic mass is 10.1. The van der Waals surface area contributed by atoms with Crippen molar-refractivity contribution in [3.63, 3.8) is 0 Å². The minimum Gasteiger partial charge on any atom is -0.505 e. The average Bonchev–Trinajstić information content (AvgIpc) is 2.54. The molecule has 0 aliphatic carbocycles. The van der Waals surface area contributed by atoms with E-state index >= 15 is 0 Å². The Morgan fingerprint density at radius 2 is 1.68 bits per heavy atom. The minimum atomic E-state index is -0.414. The number of aromatic nitrogens is 2. The molecule has 0 fully saturated rings. The van der Waals surface area contributed by atoms with Gasteiger partial charge in [0.1, 0.15) is 5.69 Å². The summed E-state index contributed by atoms with van der Waals surface area (Å²) in [7, 11) is 0. The van der Waals surface area contributed by atoms with E-state index in [1.54, 1.807) is 43.3 Å². The summed E-state index contributed by atoms with van der Waals surface area (Å²) in [6.45, 7) is 1.65. The third-order valence-electron chi connectivity index (χ3n) is 3.38. The maximum atomic E-state index is 12.8. The van der Waals surface area contributed by atoms with Crippen LogP contribution in [0.3, 0.4) is 0 Å². The standard InChI is InChI=1S/C17H13ClN2O2/c1-11-16(21)15(13-9-5-6-10-14(13)18)17(22)20(19-11)12-7-3-2-4-8-12/h2-10,21H,1H3. The van der Waals surface area contributed by atoms with Crippen molar-refractivity contribution in [2.45, 2.75) is 6.92 Å². The van der Waals surface area contributed by atoms with E-state index in [0.717, 1.165) is 0 Å². The number of hydrogen-bond acceptors (Lipinski definition) is 3. The maximum absolute atomic E-state index is 12.8. The van der Waals surface area contributed by atoms with E-state index < -0.39 is 5.56 Å². The number of benzene rings is 2. The van der Waals surface area contributed by atoms with Crippen LogP contribution in [0.15, 0.2) is 59.4 Å². The molecule has 110 valence electrons. The van der Waals surface area contributed by atoms with Crippen molar-refractivity contribution in [2.24, 2.45) is 0 Å². The molecule has 5 heteroatoms. The fraction of sp³-hybridized carbons (Fsp3) is 0.0588. The molecule has 0 amide bonds. The Bertz CT molecular complexity index is 889. The number of hydrogen-bond donors (Lipinski definition) is 1. The fourth-order valence-electron chi connectivity index (χ4n) is 2.28. The largest absolute Gasteiger partial charge is 0.505 e. The zero-order valence-electron chi connectivity index (χ0n) is 11.8. The smallest absolute Gasteiger partial charge is 0.283 e. The summed E-state index contributed by atoms with van der Waals surface area (Å²) in [6, 6.07) is 16.0. The van der Waals surface area contributed by atoms with Crippen LogP contribution in [-0.4, -0.2) is 14.9 Å². The third kappa shape index (κ3) is 2.38. The Labute approximate surface area is 132 Å². The van der Waals surface area contributed by atoms with Gasteiger partial charge in [0.15, 0.2) is 5.75 Å². The maximum Gasteiger partial charge on any atom is 0.283 e. The van der Waals surface area contributed by atoms with E-state index in [2.05, 4.69) is 5.10 Å². The minimum absolute atomic E-state index is 0.148. The molecular formula is C17H13ClN2O2. The van der Waals surface area contributed by atoms with Crippen LogP contribution < -0.4 is 5.56 Å². The van der Waals surface area contributed by atoms with Crippen LogP contribution in [0.1, 0.15) is 5.69 Å². The predicted octanol–water partition coefficient (Wildman–Crippen LogP) is 3.57. The first kappa shape index (κ1) is 14.4. The van der Waals surface area contributed by atoms with Gasteiger partial charge in [0.05, 0.1) is 11.3 Å². The Morgan fingerprint density at radius 3 is 2.36 bits per heavy atom. The van der Waals surface area contributed by atoms with Crippen LogP contribution >= 0.6 is 11.6 Å². The number of aromatic hydroxyl groups is 1. The van der Waals surface area contributed by atoms with Gasteiger partial charge < -0.3 is 5.11 Å². The summed E-state index contributed by atoms with van der Waals surface area (Å²) in [5.74, 6) is -0.148. The molecular weight excluding hydrogens is 300 g/mol. The Balaban J connectivity index is 2.35. The Hall–Kier alpha value is -2.59. The highest BCUT2D eigenvalue weighted by Gasteiger charge is 2.18. The van der Waals surface area contributed by atoms with Crippen LogP contribution in [-0.2, 0) is 0 Å². The van der Waals surface area contributed by atoms with E-state index in [-0.39, 0.29) is 11.3 Å². The van der Waals surface area contributed by atoms with Gasteiger partial charge in [-0.3, -0.25) is 4.79 Å². The second-order valence-corrected chi connectivity index (χ2v) is 5.25. The number of aryl methyl sites for hydroxylation is 1. The summed E-state index contributed by atoms with van der Waals surface area (Å²) in [4.78, 5) is 12.8. The van der Waals surface area contributed by atoms with E-state index in [9.17, 15) is 9.90 Å². The van der Waals surface area contributed by atoms with Crippen molar-refractivity contribution in [2.75, 3.05) is 0 Å². The summed E-state index contributed by atoms with van der Waals surface area (Å²) in [5, 5.41) is 14.9. The summed E-state index contributed by atoms with van der Waals surface area (Å²) in [6.07, 6.45) is 0. The summed E-state index contributed by atoms with van der Waals surface area (Å²) in [5.41, 5.74) is 1.22. The zero-order chi connectivity index (χ0) is 15.7. The molecule has 1 heterocycles. The van der Waals surface area contributed by atoms with Gasteiger partial charge >= 0.3 is 0 Å². The molecule has 4 nitrogen and oxygen atoms in total. The highest BCUT2D eigenvalue weighted by molar-refractivity contribution is 6.33. The molecule has 22 heavy (non-hydrogen) atoms. The molecule has 0 saturated carbocycles. The molecule has 2 aromatic carbocycles. The number of para-hydroxylation sites is 1. The van der Waals surface area contributed by atoms with Gasteiger partial charge in [0, 0.05) is 10.6 Å². The first-order valence-corrected chi connectivity index (χ1v) is 7.10. The van der Waals surface area contributed by atoms with Crippen LogP contribution in [0.2, 0.25) is 5.02 Å². The van der Waals surface area contributed by atoms with Crippen molar-refractivity contribution < 1.29 is 5.11 Å². The first-order valence-electron chi connectivity index (χ1n) is 6.73. The molecule has 1 aromatic heterocycles. The number of halogens is 1. The SMILES string of the molecule is Cc1nn(-c2ccccc2)c(=O)c(-c2ccccc2Cl)c1O. The van der Waals surface area contributed by atoms with Crippen molar-refractivity contribution in [3.8, 4) is 22.6 Å². The Morgan fingerprint density at radius 1 is 1.05 bits per heavy atom. The normalized spacial score (nSPS) is 10.6. The first-order chi connectivity index (χ1) is 10.6. The van der Waals surface area contributed by atoms with E-state index in [4.69, 9.17) is 11.6 Å². The zero-order valence-corrected chi connectivity index (χ0v) is 12.6. The van der Waals surface area contributed by atoms with Crippen LogP contribution in [0, 0.1) is 6.92 Å². The lowest BCUT2D eigenvalue weighted by molar-refractivity contribution is 0.463. The fourth-order valence-corrected chi connectivity index (χ4v) is 2.51. The molecule has 0 atom stereocenters. The van der Waals surface area contributed by atoms with Gasteiger partial charge in [-0.25, -0.2) is 0 Å². The van der Waals surface area contributed by atoms with Gasteiger partial charge in [0.25, 0.3) is 5.56 Å². The quantitative estimate of drug-likeness (QED) is 0.787. The van der Waals surface area contributed by atoms with Crippen LogP contribution in [0.25, 0.3) is 16.8 Å². The van der Waals surface area contributed by atoms with E-state index in [0.29, 0.717) is 22.0 Å². The van der Waals surface area contributed by atoms with Crippen LogP contribution in [0.4, 0.5) is 0 Å². The van der Waals surface area contributed by atoms with Crippen molar-refractivity contribution in [3.05, 3.63) is 75.7 Å². The van der Waals surface area contributed by atoms with Crippen LogP contribution in [0.5, 0.6) is 5.75 Å². The summed E-state index contributed by atoms with van der Waals surface area (Å²) >= 11 is 6.17. The molecule has 0 aliphatic rings. The number of nitrogens with zero attached hydrogens (tertiary/aromatic N) is 2. The molecule has 0 spiro atoms. The predicted molar refractivity (Wildman–Crippen MR) is 86.7 cm³/mol. The van der Waals surface area contributed by atoms with Gasteiger partial charge in [0.2, 0.25) is 0 Å². The third-order valence-corrected chi connectivity index (χ3v) is 3.71. The lowest BCUT2D eigenvalue weighted by Crippen LogP contribution is -2.24. The second kappa shape index (κ2) is 5.66. The van der Waals surface area contributed by atoms with Crippen molar-refractivity contribution >= 4 is 11.6 Å². The van der Waals surface area contributed by atoms with Gasteiger partial charge in [-0.1, -0.05) is 48.0 Å². The highest BCUT2D eigenvalue weighted by Crippen LogP contribution is 2.32. The molecule has 0 unspecified atom stereocenters. The molecule has 0 aliphatic heterocycles. The topological polar surface area (TPSA) is 55.1 Å². The van der Waals surface area contributed by atoms with E-state index in [1.807, 2.05) is 18.2 Å². The molecule has 3 aromatic rings. The van der Waals surface area contributed by atoms with Gasteiger partial charge in [-0.2, -0.15) is 9.78 Å². The van der Waals surface area contributed by atoms with Crippen molar-refractivity contribution in [1.29, 1.82) is 0 Å². The van der Waals surface area contributed by atoms with Gasteiger partial charge in [-0.15, -0.1) is 0 Å². The van der Waals surface area contributed by atoms with Crippen molar-refractivity contribution in [1.82, 2.24) is 9.78 Å². The highest BCUT2D eigenvalue weighted by atomic mass is 35.5. The van der Waals surface area contributed by atoms with Gasteiger partial charge in [-0.05, 0) is 25.1 Å². The second-order valence-electron chi connectivity index (χ2n) is 4.84. The molecule has 1 N–H and O–H groups in total. The lowest BCUT2D eigenvalue weighted by Gasteiger charge is -2.12. The monoisotopic (exact) mass is 312 g/mol. The molecule has 0 radical (unpaired) electrons. The van der Waals surface area contributed by atoms with E-state index in [1.165, 1.54) is 4.68 Å². The molecule has 0 bridgehead atoms. The molecule has 0 saturated heterocycles. The number of rotatable bonds is 2.